The molecule has 7 heteroatoms. The van der Waals surface area contributed by atoms with Crippen LogP contribution in [0.4, 0.5) is 0 Å². The Hall–Kier alpha value is -0.750. The van der Waals surface area contributed by atoms with Crippen molar-refractivity contribution >= 4 is 7.82 Å². The molecule has 3 N–H and O–H groups in total. The first-order chi connectivity index (χ1) is 9.30. The van der Waals surface area contributed by atoms with Gasteiger partial charge in [-0.25, -0.2) is 4.57 Å². The van der Waals surface area contributed by atoms with E-state index in [1.54, 1.807) is 0 Å². The molecule has 1 heterocycles. The molecule has 0 radical (unpaired) electrons. The van der Waals surface area contributed by atoms with Crippen molar-refractivity contribution in [2.24, 2.45) is 0 Å². The quantitative estimate of drug-likeness (QED) is 0.731. The first kappa shape index (κ1) is 15.6. The van der Waals surface area contributed by atoms with Gasteiger partial charge in [-0.2, -0.15) is 0 Å². The van der Waals surface area contributed by atoms with E-state index in [-0.39, 0.29) is 12.7 Å². The number of benzene rings is 1. The van der Waals surface area contributed by atoms with Crippen molar-refractivity contribution in [3.8, 4) is 0 Å². The Balaban J connectivity index is 2.17. The molecule has 1 fully saturated rings. The second kappa shape index (κ2) is 5.93. The summed E-state index contributed by atoms with van der Waals surface area (Å²) in [5.74, 6) is 0. The van der Waals surface area contributed by atoms with Crippen molar-refractivity contribution in [3.63, 3.8) is 0 Å². The highest BCUT2D eigenvalue weighted by Gasteiger charge is 2.40. The molecule has 6 nitrogen and oxygen atoms in total. The van der Waals surface area contributed by atoms with Gasteiger partial charge in [0.2, 0.25) is 0 Å². The highest BCUT2D eigenvalue weighted by molar-refractivity contribution is 7.46. The number of phosphoric acid groups is 1. The number of phosphoric ester groups is 1. The Kier molecular flexibility index (Phi) is 4.64. The van der Waals surface area contributed by atoms with E-state index in [9.17, 15) is 9.67 Å². The zero-order valence-corrected chi connectivity index (χ0v) is 12.3. The summed E-state index contributed by atoms with van der Waals surface area (Å²) in [5, 5.41) is 9.25. The second-order valence-corrected chi connectivity index (χ2v) is 6.27. The largest absolute Gasteiger partial charge is 0.469 e. The smallest absolute Gasteiger partial charge is 0.394 e. The fraction of sp³-hybridized carbons (Fsp3) is 0.538. The van der Waals surface area contributed by atoms with Crippen molar-refractivity contribution in [1.82, 2.24) is 0 Å². The Morgan fingerprint density at radius 1 is 1.40 bits per heavy atom. The molecule has 1 saturated heterocycles. The fourth-order valence-electron chi connectivity index (χ4n) is 2.55. The molecule has 20 heavy (non-hydrogen) atoms. The van der Waals surface area contributed by atoms with Gasteiger partial charge in [0.15, 0.2) is 0 Å². The Morgan fingerprint density at radius 2 is 2.10 bits per heavy atom. The molecular weight excluding hydrogens is 283 g/mol. The number of ether oxygens (including phenoxy) is 1. The van der Waals surface area contributed by atoms with Crippen LogP contribution in [-0.2, 0) is 13.8 Å². The number of aliphatic hydroxyl groups excluding tert-OH is 1. The monoisotopic (exact) mass is 302 g/mol. The van der Waals surface area contributed by atoms with Crippen LogP contribution >= 0.6 is 7.82 Å². The molecule has 3 atom stereocenters. The third kappa shape index (κ3) is 3.67. The minimum atomic E-state index is -4.59. The Morgan fingerprint density at radius 3 is 2.65 bits per heavy atom. The van der Waals surface area contributed by atoms with Gasteiger partial charge in [-0.1, -0.05) is 23.8 Å². The predicted molar refractivity (Wildman–Crippen MR) is 72.1 cm³/mol. The van der Waals surface area contributed by atoms with Gasteiger partial charge in [0.1, 0.15) is 12.2 Å². The highest BCUT2D eigenvalue weighted by atomic mass is 31.2. The van der Waals surface area contributed by atoms with E-state index in [0.717, 1.165) is 16.7 Å². The number of aliphatic hydroxyl groups is 1. The first-order valence-corrected chi connectivity index (χ1v) is 7.90. The van der Waals surface area contributed by atoms with Crippen molar-refractivity contribution in [1.29, 1.82) is 0 Å². The summed E-state index contributed by atoms with van der Waals surface area (Å²) in [6.07, 6.45) is -1.57. The van der Waals surface area contributed by atoms with E-state index in [1.165, 1.54) is 0 Å². The van der Waals surface area contributed by atoms with Crippen LogP contribution in [0.2, 0.25) is 0 Å². The van der Waals surface area contributed by atoms with E-state index < -0.39 is 20.0 Å². The van der Waals surface area contributed by atoms with Crippen molar-refractivity contribution < 1.29 is 28.7 Å². The van der Waals surface area contributed by atoms with Crippen LogP contribution < -0.4 is 0 Å². The summed E-state index contributed by atoms with van der Waals surface area (Å²) in [4.78, 5) is 17.8. The van der Waals surface area contributed by atoms with Crippen LogP contribution in [0.15, 0.2) is 18.2 Å². The van der Waals surface area contributed by atoms with E-state index in [2.05, 4.69) is 0 Å². The molecule has 1 aromatic rings. The Bertz CT molecular complexity index is 526. The number of aryl methyl sites for hydroxylation is 2. The fourth-order valence-corrected chi connectivity index (χ4v) is 3.13. The van der Waals surface area contributed by atoms with Gasteiger partial charge < -0.3 is 19.6 Å². The third-order valence-electron chi connectivity index (χ3n) is 3.42. The minimum Gasteiger partial charge on any atom is -0.394 e. The normalized spacial score (nSPS) is 26.9. The number of hydrogen-bond donors (Lipinski definition) is 3. The maximum absolute atomic E-state index is 10.9. The molecule has 0 amide bonds. The van der Waals surface area contributed by atoms with Crippen LogP contribution in [0.5, 0.6) is 0 Å². The lowest BCUT2D eigenvalue weighted by atomic mass is 9.98. The molecule has 0 spiro atoms. The van der Waals surface area contributed by atoms with E-state index in [4.69, 9.17) is 19.0 Å². The summed E-state index contributed by atoms with van der Waals surface area (Å²) >= 11 is 0. The lowest BCUT2D eigenvalue weighted by molar-refractivity contribution is -0.0222. The van der Waals surface area contributed by atoms with Gasteiger partial charge in [0.05, 0.1) is 12.7 Å². The van der Waals surface area contributed by atoms with Crippen LogP contribution in [0.3, 0.4) is 0 Å². The summed E-state index contributed by atoms with van der Waals surface area (Å²) in [7, 11) is -4.59. The van der Waals surface area contributed by atoms with Crippen molar-refractivity contribution in [2.75, 3.05) is 6.61 Å². The van der Waals surface area contributed by atoms with Crippen LogP contribution in [-0.4, -0.2) is 33.7 Å². The third-order valence-corrected chi connectivity index (χ3v) is 3.97. The summed E-state index contributed by atoms with van der Waals surface area (Å²) in [6.45, 7) is 3.60. The molecule has 2 rings (SSSR count). The molecule has 0 aliphatic carbocycles. The van der Waals surface area contributed by atoms with Crippen molar-refractivity contribution in [3.05, 3.63) is 34.9 Å². The zero-order chi connectivity index (χ0) is 14.9. The molecule has 0 aromatic heterocycles. The van der Waals surface area contributed by atoms with E-state index in [1.807, 2.05) is 32.0 Å². The summed E-state index contributed by atoms with van der Waals surface area (Å²) in [5.41, 5.74) is 3.13. The summed E-state index contributed by atoms with van der Waals surface area (Å²) < 4.78 is 21.3. The zero-order valence-electron chi connectivity index (χ0n) is 11.4. The maximum atomic E-state index is 10.9. The van der Waals surface area contributed by atoms with E-state index >= 15 is 0 Å². The standard InChI is InChI=1S/C13H19O6P/c1-8-3-4-10(9(2)5-8)11-6-12(13(7-14)18-11)19-20(15,16)17/h3-5,11-14H,6-7H2,1-2H3,(H2,15,16,17)/t11-,12+,13-/m1/s1. The molecule has 0 unspecified atom stereocenters. The molecule has 0 saturated carbocycles. The Labute approximate surface area is 117 Å². The highest BCUT2D eigenvalue weighted by Crippen LogP contribution is 2.45. The average Bonchev–Trinajstić information content (AvgIpc) is 2.69. The van der Waals surface area contributed by atoms with E-state index in [0.29, 0.717) is 6.42 Å². The van der Waals surface area contributed by atoms with Gasteiger partial charge in [0, 0.05) is 6.42 Å². The average molecular weight is 302 g/mol. The van der Waals surface area contributed by atoms with Gasteiger partial charge in [-0.3, -0.25) is 4.52 Å². The van der Waals surface area contributed by atoms with Crippen molar-refractivity contribution in [2.45, 2.75) is 38.6 Å². The number of hydrogen-bond acceptors (Lipinski definition) is 4. The first-order valence-electron chi connectivity index (χ1n) is 6.37. The van der Waals surface area contributed by atoms with Crippen LogP contribution in [0.25, 0.3) is 0 Å². The van der Waals surface area contributed by atoms with Gasteiger partial charge in [0.25, 0.3) is 0 Å². The second-order valence-electron chi connectivity index (χ2n) is 5.08. The molecule has 1 aliphatic rings. The lowest BCUT2D eigenvalue weighted by Crippen LogP contribution is -2.26. The van der Waals surface area contributed by atoms with Gasteiger partial charge in [-0.15, -0.1) is 0 Å². The van der Waals surface area contributed by atoms with Gasteiger partial charge in [-0.05, 0) is 25.0 Å². The topological polar surface area (TPSA) is 96.2 Å². The molecular formula is C13H19O6P. The SMILES string of the molecule is Cc1ccc([C@H]2C[C@H](OP(=O)(O)O)[C@@H](CO)O2)c(C)c1. The number of rotatable bonds is 4. The molecule has 0 bridgehead atoms. The van der Waals surface area contributed by atoms with Gasteiger partial charge >= 0.3 is 7.82 Å². The minimum absolute atomic E-state index is 0.306. The molecule has 1 aliphatic heterocycles. The lowest BCUT2D eigenvalue weighted by Gasteiger charge is -2.16. The van der Waals surface area contributed by atoms with Crippen LogP contribution in [0, 0.1) is 13.8 Å². The molecule has 1 aromatic carbocycles. The van der Waals surface area contributed by atoms with Crippen LogP contribution in [0.1, 0.15) is 29.2 Å². The summed E-state index contributed by atoms with van der Waals surface area (Å²) in [6, 6.07) is 5.91. The molecule has 112 valence electrons. The maximum Gasteiger partial charge on any atom is 0.469 e. The predicted octanol–water partition coefficient (Wildman–Crippen LogP) is 1.60.